The maximum atomic E-state index is 8.76. The van der Waals surface area contributed by atoms with Crippen LogP contribution in [-0.2, 0) is 9.05 Å². The standard InChI is InChI=1S/C15H29N2O2PS2/c1-12(2)17(13(3)4)20(18-10-7-9-16)19-14-8-11-21-22-15(14,5)6/h12-14H,7-8,10-11H2,1-6H3. The fourth-order valence-corrected chi connectivity index (χ4v) is 7.04. The second-order valence-electron chi connectivity index (χ2n) is 6.44. The van der Waals surface area contributed by atoms with E-state index in [1.807, 2.05) is 21.6 Å². The molecule has 0 aliphatic carbocycles. The zero-order valence-electron chi connectivity index (χ0n) is 14.5. The van der Waals surface area contributed by atoms with Gasteiger partial charge in [0.25, 0.3) is 8.53 Å². The van der Waals surface area contributed by atoms with Crippen LogP contribution in [0.3, 0.4) is 0 Å². The lowest BCUT2D eigenvalue weighted by molar-refractivity contribution is 0.112. The van der Waals surface area contributed by atoms with Gasteiger partial charge in [0, 0.05) is 22.6 Å². The number of hydrogen-bond donors (Lipinski definition) is 0. The summed E-state index contributed by atoms with van der Waals surface area (Å²) >= 11 is 0. The van der Waals surface area contributed by atoms with Gasteiger partial charge in [0.15, 0.2) is 0 Å². The van der Waals surface area contributed by atoms with Crippen molar-refractivity contribution in [2.45, 2.75) is 77.3 Å². The molecule has 4 nitrogen and oxygen atoms in total. The first-order valence-corrected chi connectivity index (χ1v) is 11.3. The molecule has 128 valence electrons. The van der Waals surface area contributed by atoms with Gasteiger partial charge in [-0.3, -0.25) is 0 Å². The zero-order valence-corrected chi connectivity index (χ0v) is 17.1. The Morgan fingerprint density at radius 2 is 1.95 bits per heavy atom. The average molecular weight is 365 g/mol. The number of nitrogens with zero attached hydrogens (tertiary/aromatic N) is 2. The fourth-order valence-electron chi connectivity index (χ4n) is 2.33. The quantitative estimate of drug-likeness (QED) is 0.335. The summed E-state index contributed by atoms with van der Waals surface area (Å²) in [7, 11) is 2.69. The summed E-state index contributed by atoms with van der Waals surface area (Å²) in [5.74, 6) is 1.11. The predicted molar refractivity (Wildman–Crippen MR) is 98.8 cm³/mol. The topological polar surface area (TPSA) is 45.5 Å². The van der Waals surface area contributed by atoms with E-state index in [2.05, 4.69) is 52.3 Å². The Kier molecular flexibility index (Phi) is 9.07. The minimum absolute atomic E-state index is 0.0850. The second-order valence-corrected chi connectivity index (χ2v) is 10.9. The molecule has 0 amide bonds. The molecule has 7 heteroatoms. The zero-order chi connectivity index (χ0) is 16.8. The number of rotatable bonds is 8. The summed E-state index contributed by atoms with van der Waals surface area (Å²) in [6.45, 7) is 13.6. The van der Waals surface area contributed by atoms with Gasteiger partial charge in [-0.15, -0.1) is 0 Å². The van der Waals surface area contributed by atoms with Crippen LogP contribution in [0.15, 0.2) is 0 Å². The molecule has 0 N–H and O–H groups in total. The Bertz CT molecular complexity index is 367. The highest BCUT2D eigenvalue weighted by molar-refractivity contribution is 8.77. The molecule has 1 fully saturated rings. The molecule has 0 radical (unpaired) electrons. The van der Waals surface area contributed by atoms with Gasteiger partial charge in [-0.05, 0) is 48.0 Å². The van der Waals surface area contributed by atoms with Crippen molar-refractivity contribution in [3.63, 3.8) is 0 Å². The molecule has 0 aromatic carbocycles. The van der Waals surface area contributed by atoms with E-state index in [1.54, 1.807) is 0 Å². The van der Waals surface area contributed by atoms with Gasteiger partial charge in [0.2, 0.25) is 0 Å². The number of hydrogen-bond acceptors (Lipinski definition) is 6. The largest absolute Gasteiger partial charge is 0.321 e. The lowest BCUT2D eigenvalue weighted by atomic mass is 10.0. The summed E-state index contributed by atoms with van der Waals surface area (Å²) in [5, 5.41) is 8.76. The van der Waals surface area contributed by atoms with E-state index in [0.29, 0.717) is 25.1 Å². The molecule has 1 aliphatic heterocycles. The van der Waals surface area contributed by atoms with Crippen molar-refractivity contribution in [2.75, 3.05) is 12.4 Å². The van der Waals surface area contributed by atoms with Crippen molar-refractivity contribution >= 4 is 30.1 Å². The predicted octanol–water partition coefficient (Wildman–Crippen LogP) is 5.21. The molecule has 0 bridgehead atoms. The van der Waals surface area contributed by atoms with E-state index in [9.17, 15) is 0 Å². The third-order valence-corrected chi connectivity index (χ3v) is 8.89. The van der Waals surface area contributed by atoms with Crippen molar-refractivity contribution in [1.29, 1.82) is 5.26 Å². The van der Waals surface area contributed by atoms with Crippen LogP contribution in [-0.4, -0.2) is 40.0 Å². The molecule has 0 aromatic heterocycles. The van der Waals surface area contributed by atoms with Crippen LogP contribution in [0.2, 0.25) is 0 Å². The van der Waals surface area contributed by atoms with Gasteiger partial charge in [-0.2, -0.15) is 5.26 Å². The van der Waals surface area contributed by atoms with Crippen molar-refractivity contribution < 1.29 is 9.05 Å². The highest BCUT2D eigenvalue weighted by Gasteiger charge is 2.39. The van der Waals surface area contributed by atoms with E-state index >= 15 is 0 Å². The van der Waals surface area contributed by atoms with Crippen LogP contribution in [0.25, 0.3) is 0 Å². The van der Waals surface area contributed by atoms with E-state index in [-0.39, 0.29) is 10.9 Å². The molecule has 0 spiro atoms. The molecular formula is C15H29N2O2PS2. The lowest BCUT2D eigenvalue weighted by Gasteiger charge is -2.42. The van der Waals surface area contributed by atoms with Crippen LogP contribution in [0, 0.1) is 11.3 Å². The minimum atomic E-state index is -1.14. The van der Waals surface area contributed by atoms with Gasteiger partial charge >= 0.3 is 0 Å². The van der Waals surface area contributed by atoms with Crippen molar-refractivity contribution in [3.8, 4) is 6.07 Å². The average Bonchev–Trinajstić information content (AvgIpc) is 2.40. The van der Waals surface area contributed by atoms with Crippen LogP contribution >= 0.6 is 30.1 Å². The molecular weight excluding hydrogens is 335 g/mol. The normalized spacial score (nSPS) is 23.0. The smallest absolute Gasteiger partial charge is 0.259 e. The minimum Gasteiger partial charge on any atom is -0.321 e. The third-order valence-electron chi connectivity index (χ3n) is 3.39. The van der Waals surface area contributed by atoms with Gasteiger partial charge < -0.3 is 9.05 Å². The van der Waals surface area contributed by atoms with Crippen LogP contribution in [0.5, 0.6) is 0 Å². The molecule has 1 saturated heterocycles. The molecule has 0 aromatic rings. The van der Waals surface area contributed by atoms with Crippen molar-refractivity contribution in [3.05, 3.63) is 0 Å². The van der Waals surface area contributed by atoms with Crippen LogP contribution in [0.1, 0.15) is 54.4 Å². The van der Waals surface area contributed by atoms with E-state index < -0.39 is 8.53 Å². The first-order valence-electron chi connectivity index (χ1n) is 7.85. The fraction of sp³-hybridized carbons (Fsp3) is 0.933. The Morgan fingerprint density at radius 3 is 2.45 bits per heavy atom. The van der Waals surface area contributed by atoms with Gasteiger partial charge in [-0.1, -0.05) is 21.6 Å². The molecule has 1 heterocycles. The number of nitriles is 1. The summed E-state index contributed by atoms with van der Waals surface area (Å²) in [6.07, 6.45) is 1.65. The first kappa shape index (κ1) is 20.5. The molecule has 0 saturated carbocycles. The monoisotopic (exact) mass is 364 g/mol. The Balaban J connectivity index is 2.82. The first-order chi connectivity index (χ1) is 10.3. The summed E-state index contributed by atoms with van der Waals surface area (Å²) < 4.78 is 14.8. The van der Waals surface area contributed by atoms with Gasteiger partial charge in [0.05, 0.1) is 25.2 Å². The third kappa shape index (κ3) is 6.19. The van der Waals surface area contributed by atoms with Gasteiger partial charge in [0.1, 0.15) is 0 Å². The molecule has 1 aliphatic rings. The summed E-state index contributed by atoms with van der Waals surface area (Å²) in [6, 6.07) is 2.84. The molecule has 1 rings (SSSR count). The maximum absolute atomic E-state index is 8.76. The lowest BCUT2D eigenvalue weighted by Crippen LogP contribution is -2.40. The molecule has 2 unspecified atom stereocenters. The highest BCUT2D eigenvalue weighted by Crippen LogP contribution is 2.53. The summed E-state index contributed by atoms with van der Waals surface area (Å²) in [5.41, 5.74) is 0. The highest BCUT2D eigenvalue weighted by atomic mass is 33.1. The van der Waals surface area contributed by atoms with Crippen LogP contribution in [0.4, 0.5) is 0 Å². The Hall–Kier alpha value is 0.500. The molecule has 2 atom stereocenters. The SMILES string of the molecule is CC(C)N(C(C)C)P(OCCC#N)OC1CCSSC1(C)C. The summed E-state index contributed by atoms with van der Waals surface area (Å²) in [4.78, 5) is 0. The molecule has 22 heavy (non-hydrogen) atoms. The second kappa shape index (κ2) is 9.71. The maximum Gasteiger partial charge on any atom is 0.259 e. The van der Waals surface area contributed by atoms with E-state index in [1.165, 1.54) is 0 Å². The Labute approximate surface area is 145 Å². The van der Waals surface area contributed by atoms with Gasteiger partial charge in [-0.25, -0.2) is 4.67 Å². The Morgan fingerprint density at radius 1 is 1.32 bits per heavy atom. The van der Waals surface area contributed by atoms with Crippen molar-refractivity contribution in [1.82, 2.24) is 4.67 Å². The van der Waals surface area contributed by atoms with Crippen LogP contribution < -0.4 is 0 Å². The van der Waals surface area contributed by atoms with E-state index in [4.69, 9.17) is 14.3 Å². The van der Waals surface area contributed by atoms with E-state index in [0.717, 1.165) is 12.2 Å². The van der Waals surface area contributed by atoms with Crippen molar-refractivity contribution in [2.24, 2.45) is 0 Å².